The summed E-state index contributed by atoms with van der Waals surface area (Å²) in [5.41, 5.74) is 2.97. The Labute approximate surface area is 304 Å². The lowest BCUT2D eigenvalue weighted by atomic mass is 9.82. The van der Waals surface area contributed by atoms with Crippen LogP contribution in [0.5, 0.6) is 5.75 Å². The van der Waals surface area contributed by atoms with Crippen LogP contribution >= 0.6 is 0 Å². The first-order valence-corrected chi connectivity index (χ1v) is 18.1. The molecule has 3 atom stereocenters. The maximum Gasteiger partial charge on any atom is 0.264 e. The van der Waals surface area contributed by atoms with Crippen molar-refractivity contribution in [2.24, 2.45) is 5.92 Å². The highest BCUT2D eigenvalue weighted by Gasteiger charge is 2.53. The van der Waals surface area contributed by atoms with Crippen molar-refractivity contribution in [2.45, 2.75) is 70.7 Å². The van der Waals surface area contributed by atoms with Gasteiger partial charge in [-0.1, -0.05) is 54.6 Å². The molecular formula is C40H48N6O6. The summed E-state index contributed by atoms with van der Waals surface area (Å²) in [7, 11) is 0. The molecule has 3 aromatic carbocycles. The highest BCUT2D eigenvalue weighted by molar-refractivity contribution is 6.10. The van der Waals surface area contributed by atoms with E-state index < -0.39 is 23.5 Å². The smallest absolute Gasteiger partial charge is 0.264 e. The van der Waals surface area contributed by atoms with E-state index in [0.29, 0.717) is 68.0 Å². The molecule has 1 unspecified atom stereocenters. The van der Waals surface area contributed by atoms with Crippen molar-refractivity contribution in [2.75, 3.05) is 36.2 Å². The summed E-state index contributed by atoms with van der Waals surface area (Å²) in [6.07, 6.45) is 8.45. The molecule has 2 aliphatic rings. The first-order chi connectivity index (χ1) is 25.3. The van der Waals surface area contributed by atoms with E-state index in [1.807, 2.05) is 86.7 Å². The van der Waals surface area contributed by atoms with Crippen molar-refractivity contribution >= 4 is 28.9 Å². The number of ether oxygens (including phenoxy) is 1. The number of carbonyl (C=O) groups excluding carboxylic acids is 2. The number of fused-ring (bicyclic) bond motifs is 2. The summed E-state index contributed by atoms with van der Waals surface area (Å²) in [5.74, 6) is -0.469. The zero-order valence-corrected chi connectivity index (χ0v) is 29.8. The van der Waals surface area contributed by atoms with Crippen molar-refractivity contribution < 1.29 is 29.6 Å². The minimum Gasteiger partial charge on any atom is -0.494 e. The van der Waals surface area contributed by atoms with Crippen LogP contribution in [0.15, 0.2) is 85.1 Å². The predicted molar refractivity (Wildman–Crippen MR) is 198 cm³/mol. The van der Waals surface area contributed by atoms with E-state index in [9.17, 15) is 24.9 Å². The maximum absolute atomic E-state index is 14.4. The van der Waals surface area contributed by atoms with Gasteiger partial charge in [-0.05, 0) is 86.7 Å². The van der Waals surface area contributed by atoms with Crippen LogP contribution in [-0.2, 0) is 41.1 Å². The van der Waals surface area contributed by atoms with Gasteiger partial charge in [-0.25, -0.2) is 0 Å². The fourth-order valence-electron chi connectivity index (χ4n) is 7.04. The van der Waals surface area contributed by atoms with Crippen LogP contribution in [0.4, 0.5) is 17.1 Å². The second-order valence-electron chi connectivity index (χ2n) is 13.3. The molecule has 12 heteroatoms. The van der Waals surface area contributed by atoms with Gasteiger partial charge in [0.1, 0.15) is 5.75 Å². The normalized spacial score (nSPS) is 19.0. The van der Waals surface area contributed by atoms with Gasteiger partial charge in [0.2, 0.25) is 5.91 Å². The first kappa shape index (κ1) is 36.9. The highest BCUT2D eigenvalue weighted by atomic mass is 16.5. The maximum atomic E-state index is 14.4. The van der Waals surface area contributed by atoms with Crippen molar-refractivity contribution in [1.29, 1.82) is 0 Å². The van der Waals surface area contributed by atoms with Crippen molar-refractivity contribution in [3.63, 3.8) is 0 Å². The molecule has 0 bridgehead atoms. The summed E-state index contributed by atoms with van der Waals surface area (Å²) in [6, 6.07) is 20.3. The molecule has 0 saturated heterocycles. The quantitative estimate of drug-likeness (QED) is 0.0935. The molecule has 3 heterocycles. The molecule has 0 aliphatic carbocycles. The van der Waals surface area contributed by atoms with Crippen LogP contribution in [-0.4, -0.2) is 74.5 Å². The number of anilines is 3. The molecule has 274 valence electrons. The predicted octanol–water partition coefficient (Wildman–Crippen LogP) is 4.18. The Bertz CT molecular complexity index is 1880. The number of hydrogen-bond acceptors (Lipinski definition) is 9. The van der Waals surface area contributed by atoms with Crippen LogP contribution in [0.3, 0.4) is 0 Å². The number of nitrogens with zero attached hydrogens (tertiary/aromatic N) is 5. The van der Waals surface area contributed by atoms with Crippen LogP contribution in [0.1, 0.15) is 55.5 Å². The van der Waals surface area contributed by atoms with Gasteiger partial charge in [0.25, 0.3) is 5.91 Å². The SMILES string of the molecule is CCOc1ccc2c(c1)CC(NCCCCO)C(=O)N2c1ccc2c(c1)[C@](O)([C@@H](C)/C=C/CCn1cc(CCO)nn1)C(=O)N2Cc1ccccc1. The van der Waals surface area contributed by atoms with Gasteiger partial charge >= 0.3 is 0 Å². The number of rotatable bonds is 17. The summed E-state index contributed by atoms with van der Waals surface area (Å²) >= 11 is 0. The Morgan fingerprint density at radius 3 is 2.62 bits per heavy atom. The molecule has 4 aromatic rings. The monoisotopic (exact) mass is 708 g/mol. The van der Waals surface area contributed by atoms with E-state index in [2.05, 4.69) is 15.6 Å². The number of aromatic nitrogens is 3. The lowest BCUT2D eigenvalue weighted by molar-refractivity contribution is -0.139. The Hall–Kier alpha value is -4.88. The van der Waals surface area contributed by atoms with Gasteiger partial charge < -0.3 is 30.3 Å². The average Bonchev–Trinajstić information content (AvgIpc) is 3.69. The Morgan fingerprint density at radius 1 is 1.04 bits per heavy atom. The molecule has 0 spiro atoms. The lowest BCUT2D eigenvalue weighted by Gasteiger charge is -2.35. The van der Waals surface area contributed by atoms with Gasteiger partial charge in [0, 0.05) is 49.5 Å². The molecule has 0 saturated carbocycles. The number of amides is 2. The number of unbranched alkanes of at least 4 members (excludes halogenated alkanes) is 1. The van der Waals surface area contributed by atoms with Gasteiger partial charge in [-0.15, -0.1) is 5.10 Å². The van der Waals surface area contributed by atoms with Gasteiger partial charge in [0.15, 0.2) is 5.60 Å². The number of allylic oxidation sites excluding steroid dienone is 1. The molecule has 6 rings (SSSR count). The standard InChI is InChI=1S/C40H48N6O6/c1-3-52-33-15-17-36-30(23-33)24-35(41-19-8-10-21-47)38(49)46(36)32-14-16-37-34(25-32)40(51,39(50)45(37)26-29-12-5-4-6-13-29)28(2)11-7-9-20-44-27-31(18-22-48)42-43-44/h4-7,11-17,23,25,27-28,35,41,47-48,51H,3,8-10,18-22,24,26H2,1-2H3/b11-7+/t28-,35?,40+/m0/s1. The molecule has 2 amide bonds. The van der Waals surface area contributed by atoms with E-state index in [1.54, 1.807) is 26.7 Å². The Balaban J connectivity index is 1.35. The minimum absolute atomic E-state index is 0.00335. The van der Waals surface area contributed by atoms with Crippen LogP contribution in [0, 0.1) is 5.92 Å². The molecule has 52 heavy (non-hydrogen) atoms. The van der Waals surface area contributed by atoms with E-state index in [0.717, 1.165) is 29.0 Å². The van der Waals surface area contributed by atoms with E-state index in [-0.39, 0.29) is 25.7 Å². The van der Waals surface area contributed by atoms with E-state index >= 15 is 0 Å². The van der Waals surface area contributed by atoms with Crippen LogP contribution in [0.2, 0.25) is 0 Å². The molecule has 12 nitrogen and oxygen atoms in total. The second kappa shape index (κ2) is 16.6. The number of aryl methyl sites for hydroxylation is 1. The van der Waals surface area contributed by atoms with Crippen LogP contribution < -0.4 is 19.9 Å². The summed E-state index contributed by atoms with van der Waals surface area (Å²) < 4.78 is 7.51. The van der Waals surface area contributed by atoms with Crippen molar-refractivity contribution in [3.05, 3.63) is 107 Å². The zero-order chi connectivity index (χ0) is 36.7. The fourth-order valence-corrected chi connectivity index (χ4v) is 7.04. The molecule has 2 aliphatic heterocycles. The number of hydrogen-bond donors (Lipinski definition) is 4. The highest BCUT2D eigenvalue weighted by Crippen LogP contribution is 2.48. The first-order valence-electron chi connectivity index (χ1n) is 18.1. The van der Waals surface area contributed by atoms with Gasteiger partial charge in [0.05, 0.1) is 36.3 Å². The Morgan fingerprint density at radius 2 is 1.85 bits per heavy atom. The van der Waals surface area contributed by atoms with Gasteiger partial charge in [-0.3, -0.25) is 19.2 Å². The number of aliphatic hydroxyl groups is 3. The molecule has 4 N–H and O–H groups in total. The molecule has 0 radical (unpaired) electrons. The Kier molecular flexibility index (Phi) is 11.8. The van der Waals surface area contributed by atoms with E-state index in [4.69, 9.17) is 4.74 Å². The third-order valence-corrected chi connectivity index (χ3v) is 9.78. The van der Waals surface area contributed by atoms with Gasteiger partial charge in [-0.2, -0.15) is 0 Å². The largest absolute Gasteiger partial charge is 0.494 e. The molecule has 1 aromatic heterocycles. The number of carbonyl (C=O) groups is 2. The third-order valence-electron chi connectivity index (χ3n) is 9.78. The van der Waals surface area contributed by atoms with E-state index in [1.165, 1.54) is 0 Å². The zero-order valence-electron chi connectivity index (χ0n) is 29.8. The average molecular weight is 709 g/mol. The van der Waals surface area contributed by atoms with Crippen molar-refractivity contribution in [1.82, 2.24) is 20.3 Å². The fraction of sp³-hybridized carbons (Fsp3) is 0.400. The second-order valence-corrected chi connectivity index (χ2v) is 13.3. The molecule has 0 fully saturated rings. The number of benzene rings is 3. The topological polar surface area (TPSA) is 153 Å². The third kappa shape index (κ3) is 7.65. The summed E-state index contributed by atoms with van der Waals surface area (Å²) in [4.78, 5) is 32.0. The summed E-state index contributed by atoms with van der Waals surface area (Å²) in [5, 5.41) is 42.6. The summed E-state index contributed by atoms with van der Waals surface area (Å²) in [6.45, 7) is 5.76. The minimum atomic E-state index is -1.90. The van der Waals surface area contributed by atoms with Crippen molar-refractivity contribution in [3.8, 4) is 5.75 Å². The number of aliphatic hydroxyl groups excluding tert-OH is 2. The van der Waals surface area contributed by atoms with Crippen LogP contribution in [0.25, 0.3) is 0 Å². The lowest BCUT2D eigenvalue weighted by Crippen LogP contribution is -2.49. The molecular weight excluding hydrogens is 660 g/mol. The number of nitrogens with one attached hydrogen (secondary N) is 1.